The molecule has 1 atom stereocenters. The zero-order valence-corrected chi connectivity index (χ0v) is 19.1. The normalized spacial score (nSPS) is 14.3. The molecule has 2 heterocycles. The van der Waals surface area contributed by atoms with E-state index in [1.165, 1.54) is 39.4 Å². The second kappa shape index (κ2) is 8.43. The smallest absolute Gasteiger partial charge is 0.269 e. The van der Waals surface area contributed by atoms with Crippen molar-refractivity contribution in [2.45, 2.75) is 49.9 Å². The van der Waals surface area contributed by atoms with Gasteiger partial charge in [-0.05, 0) is 56.7 Å². The van der Waals surface area contributed by atoms with Gasteiger partial charge in [0.05, 0.1) is 15.6 Å². The summed E-state index contributed by atoms with van der Waals surface area (Å²) in [6.45, 7) is 3.45. The predicted octanol–water partition coefficient (Wildman–Crippen LogP) is 4.21. The Morgan fingerprint density at radius 3 is 2.81 bits per heavy atom. The van der Waals surface area contributed by atoms with Crippen LogP contribution in [0.3, 0.4) is 0 Å². The van der Waals surface area contributed by atoms with Crippen molar-refractivity contribution in [1.82, 2.24) is 9.55 Å². The molecule has 0 radical (unpaired) electrons. The van der Waals surface area contributed by atoms with Crippen molar-refractivity contribution < 1.29 is 9.72 Å². The van der Waals surface area contributed by atoms with E-state index in [1.807, 2.05) is 0 Å². The molecule has 0 bridgehead atoms. The van der Waals surface area contributed by atoms with Gasteiger partial charge in [-0.2, -0.15) is 0 Å². The Bertz CT molecular complexity index is 1260. The number of hydrogen-bond donors (Lipinski definition) is 1. The summed E-state index contributed by atoms with van der Waals surface area (Å²) in [7, 11) is 1.69. The topological polar surface area (TPSA) is 107 Å². The number of nitro benzene ring substituents is 1. The third-order valence-electron chi connectivity index (χ3n) is 5.49. The minimum absolute atomic E-state index is 0.0240. The molecule has 4 rings (SSSR count). The molecule has 0 aliphatic heterocycles. The van der Waals surface area contributed by atoms with Gasteiger partial charge in [0.1, 0.15) is 4.83 Å². The molecule has 0 saturated heterocycles. The molecule has 0 spiro atoms. The van der Waals surface area contributed by atoms with Crippen LogP contribution in [0.4, 0.5) is 11.4 Å². The molecule has 0 fully saturated rings. The third kappa shape index (κ3) is 4.09. The lowest BCUT2D eigenvalue weighted by molar-refractivity contribution is -0.384. The van der Waals surface area contributed by atoms with Crippen LogP contribution in [-0.4, -0.2) is 25.6 Å². The molecule has 2 aromatic heterocycles. The van der Waals surface area contributed by atoms with Crippen LogP contribution < -0.4 is 10.9 Å². The standard InChI is InChI=1S/C21H22N4O4S2/c1-11-10-13(25(28)29)8-9-15(11)22-18(26)12(2)30-21-23-19-17(20(27)24(21)3)14-6-4-5-7-16(14)31-19/h8-10,12H,4-7H2,1-3H3,(H,22,26). The van der Waals surface area contributed by atoms with Gasteiger partial charge in [-0.1, -0.05) is 11.8 Å². The Kier molecular flexibility index (Phi) is 5.85. The van der Waals surface area contributed by atoms with E-state index < -0.39 is 10.2 Å². The van der Waals surface area contributed by atoms with Crippen LogP contribution in [0.2, 0.25) is 0 Å². The Hall–Kier alpha value is -2.72. The van der Waals surface area contributed by atoms with Crippen LogP contribution in [0.15, 0.2) is 28.2 Å². The van der Waals surface area contributed by atoms with Gasteiger partial charge in [-0.25, -0.2) is 4.98 Å². The summed E-state index contributed by atoms with van der Waals surface area (Å²) in [5.41, 5.74) is 2.19. The quantitative estimate of drug-likeness (QED) is 0.266. The monoisotopic (exact) mass is 458 g/mol. The van der Waals surface area contributed by atoms with E-state index in [4.69, 9.17) is 4.98 Å². The number of thioether (sulfide) groups is 1. The largest absolute Gasteiger partial charge is 0.325 e. The molecule has 1 aliphatic rings. The van der Waals surface area contributed by atoms with Crippen LogP contribution >= 0.6 is 23.1 Å². The number of fused-ring (bicyclic) bond motifs is 3. The van der Waals surface area contributed by atoms with Gasteiger partial charge in [0.25, 0.3) is 11.2 Å². The van der Waals surface area contributed by atoms with Crippen molar-refractivity contribution in [2.24, 2.45) is 7.05 Å². The number of hydrogen-bond acceptors (Lipinski definition) is 7. The molecular weight excluding hydrogens is 436 g/mol. The molecule has 1 N–H and O–H groups in total. The summed E-state index contributed by atoms with van der Waals surface area (Å²) in [5.74, 6) is -0.262. The maximum absolute atomic E-state index is 13.0. The summed E-state index contributed by atoms with van der Waals surface area (Å²) in [5, 5.41) is 14.4. The van der Waals surface area contributed by atoms with Crippen LogP contribution in [0, 0.1) is 17.0 Å². The van der Waals surface area contributed by atoms with Crippen LogP contribution in [-0.2, 0) is 24.7 Å². The van der Waals surface area contributed by atoms with Crippen molar-refractivity contribution in [3.05, 3.63) is 54.7 Å². The Morgan fingerprint density at radius 2 is 2.10 bits per heavy atom. The molecular formula is C21H22N4O4S2. The number of carbonyl (C=O) groups is 1. The molecule has 1 aliphatic carbocycles. The first-order chi connectivity index (χ1) is 14.8. The van der Waals surface area contributed by atoms with Gasteiger partial charge in [-0.3, -0.25) is 24.3 Å². The zero-order valence-electron chi connectivity index (χ0n) is 17.4. The summed E-state index contributed by atoms with van der Waals surface area (Å²) in [6.07, 6.45) is 4.15. The third-order valence-corrected chi connectivity index (χ3v) is 7.81. The first-order valence-electron chi connectivity index (χ1n) is 10.00. The molecule has 162 valence electrons. The minimum atomic E-state index is -0.514. The highest BCUT2D eigenvalue weighted by molar-refractivity contribution is 8.00. The maximum atomic E-state index is 13.0. The van der Waals surface area contributed by atoms with Crippen molar-refractivity contribution in [3.8, 4) is 0 Å². The number of aryl methyl sites for hydroxylation is 3. The molecule has 1 unspecified atom stereocenters. The number of thiophene rings is 1. The number of carbonyl (C=O) groups excluding carboxylic acids is 1. The number of rotatable bonds is 5. The number of amides is 1. The number of aromatic nitrogens is 2. The lowest BCUT2D eigenvalue weighted by atomic mass is 9.97. The number of nitrogens with zero attached hydrogens (tertiary/aromatic N) is 3. The minimum Gasteiger partial charge on any atom is -0.325 e. The fourth-order valence-corrected chi connectivity index (χ4v) is 5.90. The second-order valence-electron chi connectivity index (χ2n) is 7.66. The van der Waals surface area contributed by atoms with Gasteiger partial charge in [0.15, 0.2) is 5.16 Å². The molecule has 3 aromatic rings. The van der Waals surface area contributed by atoms with Gasteiger partial charge < -0.3 is 5.32 Å². The lowest BCUT2D eigenvalue weighted by Gasteiger charge is -2.15. The SMILES string of the molecule is Cc1cc([N+](=O)[O-])ccc1NC(=O)C(C)Sc1nc2sc3c(c2c(=O)n1C)CCCC3. The number of non-ortho nitro benzene ring substituents is 1. The maximum Gasteiger partial charge on any atom is 0.269 e. The summed E-state index contributed by atoms with van der Waals surface area (Å²) >= 11 is 2.81. The predicted molar refractivity (Wildman–Crippen MR) is 123 cm³/mol. The van der Waals surface area contributed by atoms with Crippen LogP contribution in [0.5, 0.6) is 0 Å². The van der Waals surface area contributed by atoms with Crippen molar-refractivity contribution in [2.75, 3.05) is 5.32 Å². The fourth-order valence-electron chi connectivity index (χ4n) is 3.72. The van der Waals surface area contributed by atoms with Crippen molar-refractivity contribution >= 4 is 50.6 Å². The number of anilines is 1. The van der Waals surface area contributed by atoms with Gasteiger partial charge in [0, 0.05) is 29.7 Å². The molecule has 31 heavy (non-hydrogen) atoms. The van der Waals surface area contributed by atoms with E-state index in [0.29, 0.717) is 16.4 Å². The van der Waals surface area contributed by atoms with Crippen LogP contribution in [0.25, 0.3) is 10.2 Å². The van der Waals surface area contributed by atoms with Crippen molar-refractivity contribution in [1.29, 1.82) is 0 Å². The highest BCUT2D eigenvalue weighted by Crippen LogP contribution is 2.35. The first-order valence-corrected chi connectivity index (χ1v) is 11.7. The van der Waals surface area contributed by atoms with Gasteiger partial charge in [-0.15, -0.1) is 11.3 Å². The average Bonchev–Trinajstić information content (AvgIpc) is 3.11. The lowest BCUT2D eigenvalue weighted by Crippen LogP contribution is -2.26. The van der Waals surface area contributed by atoms with E-state index in [2.05, 4.69) is 5.32 Å². The first kappa shape index (κ1) is 21.5. The number of nitrogens with one attached hydrogen (secondary N) is 1. The van der Waals surface area contributed by atoms with Gasteiger partial charge >= 0.3 is 0 Å². The van der Waals surface area contributed by atoms with E-state index in [1.54, 1.807) is 32.2 Å². The van der Waals surface area contributed by atoms with E-state index in [0.717, 1.165) is 41.5 Å². The highest BCUT2D eigenvalue weighted by Gasteiger charge is 2.23. The molecule has 0 saturated carbocycles. The van der Waals surface area contributed by atoms with Crippen molar-refractivity contribution in [3.63, 3.8) is 0 Å². The highest BCUT2D eigenvalue weighted by atomic mass is 32.2. The summed E-state index contributed by atoms with van der Waals surface area (Å²) in [4.78, 5) is 42.9. The van der Waals surface area contributed by atoms with E-state index in [-0.39, 0.29) is 17.2 Å². The molecule has 1 amide bonds. The molecule has 10 heteroatoms. The number of benzene rings is 1. The summed E-state index contributed by atoms with van der Waals surface area (Å²) in [6, 6.07) is 4.31. The Balaban J connectivity index is 1.56. The fraction of sp³-hybridized carbons (Fsp3) is 0.381. The average molecular weight is 459 g/mol. The Labute approximate surface area is 186 Å². The van der Waals surface area contributed by atoms with E-state index in [9.17, 15) is 19.7 Å². The van der Waals surface area contributed by atoms with Gasteiger partial charge in [0.2, 0.25) is 5.91 Å². The Morgan fingerprint density at radius 1 is 1.35 bits per heavy atom. The second-order valence-corrected chi connectivity index (χ2v) is 10.0. The molecule has 8 nitrogen and oxygen atoms in total. The van der Waals surface area contributed by atoms with E-state index >= 15 is 0 Å². The summed E-state index contributed by atoms with van der Waals surface area (Å²) < 4.78 is 1.52. The van der Waals surface area contributed by atoms with Crippen LogP contribution in [0.1, 0.15) is 35.8 Å². The number of nitro groups is 1. The zero-order chi connectivity index (χ0) is 22.3. The molecule has 1 aromatic carbocycles.